The van der Waals surface area contributed by atoms with Crippen LogP contribution in [-0.4, -0.2) is 21.1 Å². The lowest BCUT2D eigenvalue weighted by Crippen LogP contribution is -2.18. The van der Waals surface area contributed by atoms with E-state index in [0.29, 0.717) is 10.0 Å². The molecular formula is C11H8BrFN4OS. The van der Waals surface area contributed by atoms with Crippen molar-refractivity contribution in [3.63, 3.8) is 0 Å². The Morgan fingerprint density at radius 1 is 1.47 bits per heavy atom. The number of anilines is 1. The summed E-state index contributed by atoms with van der Waals surface area (Å²) in [5.41, 5.74) is 5.76. The number of benzene rings is 1. The normalized spacial score (nSPS) is 10.2. The largest absolute Gasteiger partial charge is 0.389 e. The topological polar surface area (TPSA) is 83.8 Å². The minimum absolute atomic E-state index is 0.0836. The van der Waals surface area contributed by atoms with Gasteiger partial charge in [-0.05, 0) is 18.2 Å². The number of hydrogen-bond acceptors (Lipinski definition) is 3. The van der Waals surface area contributed by atoms with Gasteiger partial charge in [0.2, 0.25) is 0 Å². The van der Waals surface area contributed by atoms with E-state index in [9.17, 15) is 9.18 Å². The quantitative estimate of drug-likeness (QED) is 0.746. The highest BCUT2D eigenvalue weighted by Gasteiger charge is 2.15. The molecule has 0 spiro atoms. The van der Waals surface area contributed by atoms with Crippen LogP contribution in [0.4, 0.5) is 10.2 Å². The summed E-state index contributed by atoms with van der Waals surface area (Å²) < 4.78 is 14.2. The molecule has 0 radical (unpaired) electrons. The molecule has 5 nitrogen and oxygen atoms in total. The smallest absolute Gasteiger partial charge is 0.259 e. The first-order valence-electron chi connectivity index (χ1n) is 5.08. The number of amides is 1. The molecule has 0 bridgehead atoms. The van der Waals surface area contributed by atoms with Crippen molar-refractivity contribution in [3.8, 4) is 0 Å². The van der Waals surface area contributed by atoms with E-state index in [0.717, 1.165) is 0 Å². The van der Waals surface area contributed by atoms with Gasteiger partial charge in [-0.3, -0.25) is 9.89 Å². The van der Waals surface area contributed by atoms with Crippen molar-refractivity contribution in [2.45, 2.75) is 0 Å². The number of nitrogens with two attached hydrogens (primary N) is 1. The van der Waals surface area contributed by atoms with Gasteiger partial charge in [-0.1, -0.05) is 28.1 Å². The Kier molecular flexibility index (Phi) is 3.91. The molecule has 0 fully saturated rings. The molecule has 0 atom stereocenters. The first-order chi connectivity index (χ1) is 8.99. The molecule has 0 unspecified atom stereocenters. The van der Waals surface area contributed by atoms with Crippen LogP contribution in [0.2, 0.25) is 0 Å². The third-order valence-corrected chi connectivity index (χ3v) is 3.03. The Labute approximate surface area is 121 Å². The van der Waals surface area contributed by atoms with Crippen LogP contribution in [-0.2, 0) is 0 Å². The van der Waals surface area contributed by atoms with Crippen LogP contribution in [0.3, 0.4) is 0 Å². The van der Waals surface area contributed by atoms with E-state index < -0.39 is 11.7 Å². The van der Waals surface area contributed by atoms with Gasteiger partial charge in [-0.15, -0.1) is 0 Å². The average molecular weight is 343 g/mol. The lowest BCUT2D eigenvalue weighted by molar-refractivity contribution is 0.102. The van der Waals surface area contributed by atoms with E-state index >= 15 is 0 Å². The van der Waals surface area contributed by atoms with Gasteiger partial charge in [0, 0.05) is 4.47 Å². The van der Waals surface area contributed by atoms with Crippen molar-refractivity contribution in [2.75, 3.05) is 5.32 Å². The van der Waals surface area contributed by atoms with Crippen LogP contribution in [0, 0.1) is 5.82 Å². The summed E-state index contributed by atoms with van der Waals surface area (Å²) in [4.78, 5) is 12.0. The summed E-state index contributed by atoms with van der Waals surface area (Å²) in [6.45, 7) is 0. The maximum Gasteiger partial charge on any atom is 0.259 e. The molecule has 0 saturated heterocycles. The molecule has 98 valence electrons. The van der Waals surface area contributed by atoms with Crippen molar-refractivity contribution in [2.24, 2.45) is 5.73 Å². The fourth-order valence-electron chi connectivity index (χ4n) is 1.42. The molecule has 1 amide bonds. The standard InChI is InChI=1S/C11H8BrFN4OS/c12-5-1-2-6(8(13)3-5)11(18)16-10-7(9(14)19)4-15-17-10/h1-4H,(H2,14,19)(H2,15,16,17,18). The first kappa shape index (κ1) is 13.6. The average Bonchev–Trinajstić information content (AvgIpc) is 2.76. The van der Waals surface area contributed by atoms with E-state index in [1.54, 1.807) is 6.07 Å². The second-order valence-electron chi connectivity index (χ2n) is 3.60. The highest BCUT2D eigenvalue weighted by Crippen LogP contribution is 2.17. The second kappa shape index (κ2) is 5.45. The first-order valence-corrected chi connectivity index (χ1v) is 6.28. The van der Waals surface area contributed by atoms with Gasteiger partial charge in [0.1, 0.15) is 16.6 Å². The second-order valence-corrected chi connectivity index (χ2v) is 4.96. The number of rotatable bonds is 3. The SMILES string of the molecule is NC(=S)c1cn[nH]c1NC(=O)c1ccc(Br)cc1F. The number of carbonyl (C=O) groups excluding carboxylic acids is 1. The van der Waals surface area contributed by atoms with Crippen LogP contribution in [0.15, 0.2) is 28.9 Å². The van der Waals surface area contributed by atoms with E-state index in [2.05, 4.69) is 31.4 Å². The summed E-state index contributed by atoms with van der Waals surface area (Å²) in [7, 11) is 0. The van der Waals surface area contributed by atoms with Gasteiger partial charge in [0.15, 0.2) is 0 Å². The van der Waals surface area contributed by atoms with Crippen LogP contribution in [0.25, 0.3) is 0 Å². The number of halogens is 2. The summed E-state index contributed by atoms with van der Waals surface area (Å²) in [5, 5.41) is 8.72. The Balaban J connectivity index is 2.26. The fraction of sp³-hybridized carbons (Fsp3) is 0. The molecular weight excluding hydrogens is 335 g/mol. The predicted molar refractivity (Wildman–Crippen MR) is 76.5 cm³/mol. The number of nitrogens with one attached hydrogen (secondary N) is 2. The summed E-state index contributed by atoms with van der Waals surface area (Å²) in [6, 6.07) is 4.14. The van der Waals surface area contributed by atoms with Crippen LogP contribution >= 0.6 is 28.1 Å². The van der Waals surface area contributed by atoms with Crippen molar-refractivity contribution in [1.29, 1.82) is 0 Å². The van der Waals surface area contributed by atoms with Gasteiger partial charge in [-0.25, -0.2) is 4.39 Å². The third-order valence-electron chi connectivity index (χ3n) is 2.32. The van der Waals surface area contributed by atoms with Gasteiger partial charge < -0.3 is 11.1 Å². The van der Waals surface area contributed by atoms with Crippen LogP contribution < -0.4 is 11.1 Å². The molecule has 0 aliphatic rings. The van der Waals surface area contributed by atoms with Crippen molar-refractivity contribution >= 4 is 44.9 Å². The predicted octanol–water partition coefficient (Wildman–Crippen LogP) is 2.20. The lowest BCUT2D eigenvalue weighted by Gasteiger charge is -2.06. The molecule has 8 heteroatoms. The zero-order valence-corrected chi connectivity index (χ0v) is 11.8. The fourth-order valence-corrected chi connectivity index (χ4v) is 1.91. The number of thiocarbonyl (C=S) groups is 1. The molecule has 19 heavy (non-hydrogen) atoms. The van der Waals surface area contributed by atoms with E-state index in [1.165, 1.54) is 18.3 Å². The monoisotopic (exact) mass is 342 g/mol. The Morgan fingerprint density at radius 2 is 2.21 bits per heavy atom. The Hall–Kier alpha value is -1.80. The van der Waals surface area contributed by atoms with Crippen LogP contribution in [0.1, 0.15) is 15.9 Å². The molecule has 0 aliphatic heterocycles. The summed E-state index contributed by atoms with van der Waals surface area (Å²) in [6.07, 6.45) is 1.38. The van der Waals surface area contributed by atoms with Gasteiger partial charge >= 0.3 is 0 Å². The number of hydrogen-bond donors (Lipinski definition) is 3. The summed E-state index contributed by atoms with van der Waals surface area (Å²) in [5.74, 6) is -1.02. The maximum atomic E-state index is 13.6. The Bertz CT molecular complexity index is 658. The number of carbonyl (C=O) groups is 1. The summed E-state index contributed by atoms with van der Waals surface area (Å²) >= 11 is 7.92. The van der Waals surface area contributed by atoms with Gasteiger partial charge in [0.05, 0.1) is 17.3 Å². The highest BCUT2D eigenvalue weighted by molar-refractivity contribution is 9.10. The third kappa shape index (κ3) is 2.96. The maximum absolute atomic E-state index is 13.6. The van der Waals surface area contributed by atoms with Crippen molar-refractivity contribution in [3.05, 3.63) is 45.8 Å². The van der Waals surface area contributed by atoms with Gasteiger partial charge in [0.25, 0.3) is 5.91 Å². The number of H-pyrrole nitrogens is 1. The van der Waals surface area contributed by atoms with E-state index in [-0.39, 0.29) is 16.4 Å². The Morgan fingerprint density at radius 3 is 2.84 bits per heavy atom. The van der Waals surface area contributed by atoms with Crippen molar-refractivity contribution in [1.82, 2.24) is 10.2 Å². The molecule has 2 aromatic rings. The molecule has 4 N–H and O–H groups in total. The minimum atomic E-state index is -0.636. The number of nitrogens with zero attached hydrogens (tertiary/aromatic N) is 1. The number of aromatic nitrogens is 2. The minimum Gasteiger partial charge on any atom is -0.389 e. The zero-order chi connectivity index (χ0) is 14.0. The molecule has 1 aromatic carbocycles. The van der Waals surface area contributed by atoms with E-state index in [4.69, 9.17) is 18.0 Å². The van der Waals surface area contributed by atoms with Gasteiger partial charge in [-0.2, -0.15) is 5.10 Å². The number of aromatic amines is 1. The lowest BCUT2D eigenvalue weighted by atomic mass is 10.2. The molecule has 1 heterocycles. The van der Waals surface area contributed by atoms with E-state index in [1.807, 2.05) is 0 Å². The molecule has 0 aliphatic carbocycles. The van der Waals surface area contributed by atoms with Crippen LogP contribution in [0.5, 0.6) is 0 Å². The zero-order valence-electron chi connectivity index (χ0n) is 9.41. The molecule has 2 rings (SSSR count). The highest BCUT2D eigenvalue weighted by atomic mass is 79.9. The molecule has 1 aromatic heterocycles. The van der Waals surface area contributed by atoms with Crippen molar-refractivity contribution < 1.29 is 9.18 Å². The molecule has 0 saturated carbocycles.